The molecule has 1 rings (SSSR count). The number of carboxylic acids is 1. The first-order chi connectivity index (χ1) is 9.25. The molecule has 0 fully saturated rings. The topological polar surface area (TPSA) is 49.3 Å². The minimum Gasteiger partial charge on any atom is -0.481 e. The summed E-state index contributed by atoms with van der Waals surface area (Å²) in [6.45, 7) is 3.69. The lowest BCUT2D eigenvalue weighted by Crippen LogP contribution is -2.37. The molecule has 0 bridgehead atoms. The molecule has 112 valence electrons. The lowest BCUT2D eigenvalue weighted by Gasteiger charge is -2.20. The fourth-order valence-electron chi connectivity index (χ4n) is 2.02. The molecule has 2 atom stereocenters. The van der Waals surface area contributed by atoms with Gasteiger partial charge in [-0.3, -0.25) is 4.79 Å². The van der Waals surface area contributed by atoms with Crippen LogP contribution in [0.5, 0.6) is 0 Å². The predicted molar refractivity (Wildman–Crippen MR) is 69.2 cm³/mol. The van der Waals surface area contributed by atoms with Crippen LogP contribution in [0.4, 0.5) is 13.2 Å². The number of rotatable bonds is 6. The maximum absolute atomic E-state index is 12.6. The number of aliphatic carboxylic acids is 1. The molecule has 0 saturated carbocycles. The zero-order valence-corrected chi connectivity index (χ0v) is 11.4. The Kier molecular flexibility index (Phi) is 5.56. The van der Waals surface area contributed by atoms with Gasteiger partial charge in [0.05, 0.1) is 11.5 Å². The second-order valence-corrected chi connectivity index (χ2v) is 4.72. The Bertz CT molecular complexity index is 460. The maximum Gasteiger partial charge on any atom is 0.416 e. The third-order valence-electron chi connectivity index (χ3n) is 3.24. The highest BCUT2D eigenvalue weighted by atomic mass is 19.4. The molecular formula is C14H18F3NO2. The highest BCUT2D eigenvalue weighted by Crippen LogP contribution is 2.29. The van der Waals surface area contributed by atoms with Crippen molar-refractivity contribution in [2.45, 2.75) is 39.0 Å². The first kappa shape index (κ1) is 16.5. The van der Waals surface area contributed by atoms with Crippen molar-refractivity contribution in [2.24, 2.45) is 5.92 Å². The van der Waals surface area contributed by atoms with Gasteiger partial charge in [-0.05, 0) is 25.0 Å². The van der Waals surface area contributed by atoms with Crippen molar-refractivity contribution in [2.75, 3.05) is 0 Å². The molecule has 0 aliphatic carbocycles. The summed E-state index contributed by atoms with van der Waals surface area (Å²) >= 11 is 0. The van der Waals surface area contributed by atoms with Gasteiger partial charge >= 0.3 is 12.1 Å². The number of hydrogen-bond donors (Lipinski definition) is 2. The summed E-state index contributed by atoms with van der Waals surface area (Å²) in [5, 5.41) is 12.0. The Hall–Kier alpha value is -1.56. The van der Waals surface area contributed by atoms with Crippen LogP contribution in [0.3, 0.4) is 0 Å². The van der Waals surface area contributed by atoms with E-state index < -0.39 is 23.6 Å². The number of benzene rings is 1. The number of carbonyl (C=O) groups is 1. The molecule has 1 aromatic rings. The van der Waals surface area contributed by atoms with Gasteiger partial charge in [0.1, 0.15) is 0 Å². The van der Waals surface area contributed by atoms with Crippen molar-refractivity contribution in [1.29, 1.82) is 0 Å². The Morgan fingerprint density at radius 1 is 1.40 bits per heavy atom. The second-order valence-electron chi connectivity index (χ2n) is 4.72. The average Bonchev–Trinajstić information content (AvgIpc) is 2.36. The minimum atomic E-state index is -4.37. The number of carboxylic acid groups (broad SMARTS) is 1. The smallest absolute Gasteiger partial charge is 0.416 e. The number of hydrogen-bond acceptors (Lipinski definition) is 2. The fraction of sp³-hybridized carbons (Fsp3) is 0.500. The van der Waals surface area contributed by atoms with Crippen LogP contribution in [-0.2, 0) is 17.5 Å². The van der Waals surface area contributed by atoms with Gasteiger partial charge in [-0.1, -0.05) is 25.1 Å². The summed E-state index contributed by atoms with van der Waals surface area (Å²) < 4.78 is 37.7. The lowest BCUT2D eigenvalue weighted by molar-refractivity contribution is -0.142. The van der Waals surface area contributed by atoms with Crippen LogP contribution >= 0.6 is 0 Å². The van der Waals surface area contributed by atoms with Gasteiger partial charge in [0, 0.05) is 12.6 Å². The van der Waals surface area contributed by atoms with E-state index in [1.54, 1.807) is 19.9 Å². The quantitative estimate of drug-likeness (QED) is 0.845. The molecule has 1 aromatic carbocycles. The Balaban J connectivity index is 2.68. The van der Waals surface area contributed by atoms with Crippen molar-refractivity contribution < 1.29 is 23.1 Å². The highest BCUT2D eigenvalue weighted by Gasteiger charge is 2.30. The molecule has 0 aliphatic rings. The van der Waals surface area contributed by atoms with Gasteiger partial charge in [0.2, 0.25) is 0 Å². The van der Waals surface area contributed by atoms with Crippen molar-refractivity contribution >= 4 is 5.97 Å². The van der Waals surface area contributed by atoms with Crippen LogP contribution in [0.25, 0.3) is 0 Å². The highest BCUT2D eigenvalue weighted by molar-refractivity contribution is 5.70. The largest absolute Gasteiger partial charge is 0.481 e. The molecule has 0 heterocycles. The molecule has 0 saturated heterocycles. The van der Waals surface area contributed by atoms with Gasteiger partial charge in [-0.15, -0.1) is 0 Å². The monoisotopic (exact) mass is 289 g/mol. The molecule has 0 amide bonds. The van der Waals surface area contributed by atoms with E-state index in [1.165, 1.54) is 6.07 Å². The summed E-state index contributed by atoms with van der Waals surface area (Å²) in [4.78, 5) is 11.0. The van der Waals surface area contributed by atoms with E-state index in [2.05, 4.69) is 5.32 Å². The zero-order valence-electron chi connectivity index (χ0n) is 11.4. The molecule has 2 unspecified atom stereocenters. The van der Waals surface area contributed by atoms with Gasteiger partial charge in [0.15, 0.2) is 0 Å². The SMILES string of the molecule is CCC(C(=O)O)C(C)NCc1cccc(C(F)(F)F)c1. The Morgan fingerprint density at radius 3 is 2.55 bits per heavy atom. The van der Waals surface area contributed by atoms with Crippen molar-refractivity contribution in [3.63, 3.8) is 0 Å². The minimum absolute atomic E-state index is 0.203. The summed E-state index contributed by atoms with van der Waals surface area (Å²) in [6, 6.07) is 4.70. The second kappa shape index (κ2) is 6.74. The van der Waals surface area contributed by atoms with E-state index in [0.29, 0.717) is 12.0 Å². The fourth-order valence-corrected chi connectivity index (χ4v) is 2.02. The summed E-state index contributed by atoms with van der Waals surface area (Å²) in [7, 11) is 0. The van der Waals surface area contributed by atoms with Crippen LogP contribution < -0.4 is 5.32 Å². The summed E-state index contributed by atoms with van der Waals surface area (Å²) in [5.41, 5.74) is -0.221. The molecule has 6 heteroatoms. The number of halogens is 3. The van der Waals surface area contributed by atoms with Crippen LogP contribution in [0.1, 0.15) is 31.4 Å². The summed E-state index contributed by atoms with van der Waals surface area (Å²) in [6.07, 6.45) is -3.90. The third kappa shape index (κ3) is 4.52. The van der Waals surface area contributed by atoms with E-state index >= 15 is 0 Å². The van der Waals surface area contributed by atoms with Gasteiger partial charge in [-0.2, -0.15) is 13.2 Å². The summed E-state index contributed by atoms with van der Waals surface area (Å²) in [5.74, 6) is -1.46. The molecule has 0 radical (unpaired) electrons. The predicted octanol–water partition coefficient (Wildman–Crippen LogP) is 3.29. The molecule has 20 heavy (non-hydrogen) atoms. The van der Waals surface area contributed by atoms with Crippen molar-refractivity contribution in [1.82, 2.24) is 5.32 Å². The van der Waals surface area contributed by atoms with Crippen LogP contribution in [0.2, 0.25) is 0 Å². The normalized spacial score (nSPS) is 14.8. The average molecular weight is 289 g/mol. The van der Waals surface area contributed by atoms with Crippen molar-refractivity contribution in [3.05, 3.63) is 35.4 Å². The van der Waals surface area contributed by atoms with E-state index in [-0.39, 0.29) is 12.6 Å². The third-order valence-corrected chi connectivity index (χ3v) is 3.24. The van der Waals surface area contributed by atoms with E-state index in [9.17, 15) is 18.0 Å². The maximum atomic E-state index is 12.6. The molecule has 0 aliphatic heterocycles. The molecular weight excluding hydrogens is 271 g/mol. The first-order valence-electron chi connectivity index (χ1n) is 6.38. The standard InChI is InChI=1S/C14H18F3NO2/c1-3-12(13(19)20)9(2)18-8-10-5-4-6-11(7-10)14(15,16)17/h4-7,9,12,18H,3,8H2,1-2H3,(H,19,20). The first-order valence-corrected chi connectivity index (χ1v) is 6.38. The van der Waals surface area contributed by atoms with Crippen LogP contribution in [0.15, 0.2) is 24.3 Å². The zero-order chi connectivity index (χ0) is 15.3. The Morgan fingerprint density at radius 2 is 2.05 bits per heavy atom. The van der Waals surface area contributed by atoms with Gasteiger partial charge < -0.3 is 10.4 Å². The number of nitrogens with one attached hydrogen (secondary N) is 1. The van der Waals surface area contributed by atoms with Gasteiger partial charge in [0.25, 0.3) is 0 Å². The van der Waals surface area contributed by atoms with Gasteiger partial charge in [-0.25, -0.2) is 0 Å². The van der Waals surface area contributed by atoms with E-state index in [1.807, 2.05) is 0 Å². The van der Waals surface area contributed by atoms with E-state index in [0.717, 1.165) is 12.1 Å². The molecule has 0 spiro atoms. The number of alkyl halides is 3. The van der Waals surface area contributed by atoms with Crippen LogP contribution in [-0.4, -0.2) is 17.1 Å². The van der Waals surface area contributed by atoms with Crippen LogP contribution in [0, 0.1) is 5.92 Å². The molecule has 2 N–H and O–H groups in total. The van der Waals surface area contributed by atoms with E-state index in [4.69, 9.17) is 5.11 Å². The molecule has 0 aromatic heterocycles. The Labute approximate surface area is 115 Å². The van der Waals surface area contributed by atoms with Crippen molar-refractivity contribution in [3.8, 4) is 0 Å². The lowest BCUT2D eigenvalue weighted by atomic mass is 9.98. The molecule has 3 nitrogen and oxygen atoms in total.